The molecule has 11 heavy (non-hydrogen) atoms. The summed E-state index contributed by atoms with van der Waals surface area (Å²) in [4.78, 5) is 9.73. The lowest BCUT2D eigenvalue weighted by molar-refractivity contribution is -0.385. The van der Waals surface area contributed by atoms with Crippen LogP contribution in [0.2, 0.25) is 0 Å². The average molecular weight is 150 g/mol. The third-order valence-corrected chi connectivity index (χ3v) is 1.47. The van der Waals surface area contributed by atoms with Crippen molar-refractivity contribution in [2.45, 2.75) is 13.3 Å². The van der Waals surface area contributed by atoms with E-state index in [0.29, 0.717) is 0 Å². The second-order valence-electron chi connectivity index (χ2n) is 2.19. The van der Waals surface area contributed by atoms with Gasteiger partial charge in [-0.25, -0.2) is 0 Å². The number of nitro groups is 1. The Morgan fingerprint density at radius 2 is 2.36 bits per heavy atom. The van der Waals surface area contributed by atoms with Gasteiger partial charge in [0.05, 0.1) is 11.0 Å². The fraction of sp³-hybridized carbons (Fsp3) is 0.250. The monoisotopic (exact) mass is 150 g/mol. The smallest absolute Gasteiger partial charge is 0.258 e. The normalized spacial score (nSPS) is 9.55. The number of aryl methyl sites for hydroxylation is 1. The van der Waals surface area contributed by atoms with Crippen molar-refractivity contribution in [3.05, 3.63) is 39.9 Å². The van der Waals surface area contributed by atoms with E-state index in [1.54, 1.807) is 12.1 Å². The van der Waals surface area contributed by atoms with Crippen LogP contribution < -0.4 is 0 Å². The standard InChI is InChI=1S/C8H8NO2/c1-2-7-3-5-8(6-4-7)9(10)11/h3-5H,2H2,1H3. The van der Waals surface area contributed by atoms with Gasteiger partial charge in [0.25, 0.3) is 5.69 Å². The number of rotatable bonds is 2. The molecule has 3 nitrogen and oxygen atoms in total. The Balaban J connectivity index is 2.91. The fourth-order valence-electron chi connectivity index (χ4n) is 0.782. The summed E-state index contributed by atoms with van der Waals surface area (Å²) in [6, 6.07) is 7.45. The van der Waals surface area contributed by atoms with Gasteiger partial charge in [0.1, 0.15) is 0 Å². The minimum absolute atomic E-state index is 0.0298. The SMILES string of the molecule is CCc1c[c]c([N+](=O)[O-])cc1. The molecule has 0 saturated carbocycles. The first kappa shape index (κ1) is 7.72. The Bertz CT molecular complexity index is 253. The van der Waals surface area contributed by atoms with Crippen molar-refractivity contribution in [3.8, 4) is 0 Å². The van der Waals surface area contributed by atoms with E-state index in [1.165, 1.54) is 6.07 Å². The number of non-ortho nitro benzene ring substituents is 1. The van der Waals surface area contributed by atoms with Crippen molar-refractivity contribution in [2.24, 2.45) is 0 Å². The molecule has 1 rings (SSSR count). The molecule has 0 bridgehead atoms. The van der Waals surface area contributed by atoms with E-state index in [4.69, 9.17) is 0 Å². The molecule has 1 aromatic rings. The number of nitrogens with zero attached hydrogens (tertiary/aromatic N) is 1. The Hall–Kier alpha value is -1.38. The van der Waals surface area contributed by atoms with E-state index < -0.39 is 4.92 Å². The van der Waals surface area contributed by atoms with Crippen LogP contribution in [0.25, 0.3) is 0 Å². The Kier molecular flexibility index (Phi) is 2.21. The maximum Gasteiger partial charge on any atom is 0.277 e. The van der Waals surface area contributed by atoms with Crippen LogP contribution in [0.3, 0.4) is 0 Å². The summed E-state index contributed by atoms with van der Waals surface area (Å²) in [6.45, 7) is 2.00. The summed E-state index contributed by atoms with van der Waals surface area (Å²) in [5.41, 5.74) is 1.10. The Morgan fingerprint density at radius 3 is 2.73 bits per heavy atom. The molecule has 0 aliphatic rings. The van der Waals surface area contributed by atoms with Gasteiger partial charge in [-0.2, -0.15) is 0 Å². The first-order valence-electron chi connectivity index (χ1n) is 3.39. The summed E-state index contributed by atoms with van der Waals surface area (Å²) in [6.07, 6.45) is 0.883. The zero-order valence-electron chi connectivity index (χ0n) is 6.20. The molecule has 1 radical (unpaired) electrons. The minimum Gasteiger partial charge on any atom is -0.258 e. The maximum atomic E-state index is 10.2. The number of hydrogen-bond donors (Lipinski definition) is 0. The summed E-state index contributed by atoms with van der Waals surface area (Å²) in [5.74, 6) is 0. The Morgan fingerprint density at radius 1 is 1.64 bits per heavy atom. The van der Waals surface area contributed by atoms with Crippen molar-refractivity contribution >= 4 is 5.69 Å². The van der Waals surface area contributed by atoms with Crippen LogP contribution in [0.4, 0.5) is 5.69 Å². The maximum absolute atomic E-state index is 10.2. The zero-order chi connectivity index (χ0) is 8.27. The number of nitro benzene ring substituents is 1. The van der Waals surface area contributed by atoms with Crippen LogP contribution in [0, 0.1) is 16.2 Å². The molecular formula is C8H8NO2. The van der Waals surface area contributed by atoms with E-state index in [9.17, 15) is 10.1 Å². The molecule has 0 aliphatic carbocycles. The predicted molar refractivity (Wildman–Crippen MR) is 41.3 cm³/mol. The molecule has 0 fully saturated rings. The molecule has 0 heterocycles. The van der Waals surface area contributed by atoms with E-state index in [-0.39, 0.29) is 5.69 Å². The first-order chi connectivity index (χ1) is 5.24. The van der Waals surface area contributed by atoms with Crippen LogP contribution >= 0.6 is 0 Å². The van der Waals surface area contributed by atoms with Gasteiger partial charge in [-0.15, -0.1) is 0 Å². The van der Waals surface area contributed by atoms with Gasteiger partial charge < -0.3 is 0 Å². The second kappa shape index (κ2) is 3.14. The summed E-state index contributed by atoms with van der Waals surface area (Å²) < 4.78 is 0. The lowest BCUT2D eigenvalue weighted by Gasteiger charge is -1.93. The van der Waals surface area contributed by atoms with Crippen LogP contribution in [-0.2, 0) is 6.42 Å². The molecule has 0 N–H and O–H groups in total. The van der Waals surface area contributed by atoms with Crippen LogP contribution in [0.1, 0.15) is 12.5 Å². The highest BCUT2D eigenvalue weighted by Crippen LogP contribution is 2.10. The van der Waals surface area contributed by atoms with Gasteiger partial charge in [-0.05, 0) is 18.1 Å². The molecule has 0 aliphatic heterocycles. The molecule has 0 unspecified atom stereocenters. The molecule has 0 spiro atoms. The summed E-state index contributed by atoms with van der Waals surface area (Å²) in [5, 5.41) is 10.2. The van der Waals surface area contributed by atoms with E-state index >= 15 is 0 Å². The summed E-state index contributed by atoms with van der Waals surface area (Å²) >= 11 is 0. The molecular weight excluding hydrogens is 142 g/mol. The Labute approximate surface area is 64.8 Å². The highest BCUT2D eigenvalue weighted by atomic mass is 16.6. The molecule has 3 heteroatoms. The zero-order valence-corrected chi connectivity index (χ0v) is 6.20. The van der Waals surface area contributed by atoms with Crippen LogP contribution in [0.5, 0.6) is 0 Å². The molecule has 0 saturated heterocycles. The molecule has 0 atom stereocenters. The van der Waals surface area contributed by atoms with E-state index in [2.05, 4.69) is 6.07 Å². The van der Waals surface area contributed by atoms with Gasteiger partial charge in [0, 0.05) is 6.07 Å². The molecule has 0 aromatic heterocycles. The highest BCUT2D eigenvalue weighted by molar-refractivity contribution is 5.31. The minimum atomic E-state index is -0.445. The predicted octanol–water partition coefficient (Wildman–Crippen LogP) is 1.96. The third-order valence-electron chi connectivity index (χ3n) is 1.47. The fourth-order valence-corrected chi connectivity index (χ4v) is 0.782. The van der Waals surface area contributed by atoms with Crippen molar-refractivity contribution < 1.29 is 4.92 Å². The molecule has 1 aromatic carbocycles. The molecule has 0 amide bonds. The topological polar surface area (TPSA) is 43.1 Å². The van der Waals surface area contributed by atoms with E-state index in [1.807, 2.05) is 6.92 Å². The second-order valence-corrected chi connectivity index (χ2v) is 2.19. The number of benzene rings is 1. The third kappa shape index (κ3) is 1.77. The quantitative estimate of drug-likeness (QED) is 0.477. The largest absolute Gasteiger partial charge is 0.277 e. The van der Waals surface area contributed by atoms with Crippen molar-refractivity contribution in [1.29, 1.82) is 0 Å². The first-order valence-corrected chi connectivity index (χ1v) is 3.39. The highest BCUT2D eigenvalue weighted by Gasteiger charge is 2.02. The van der Waals surface area contributed by atoms with Gasteiger partial charge >= 0.3 is 0 Å². The van der Waals surface area contributed by atoms with Crippen LogP contribution in [-0.4, -0.2) is 4.92 Å². The van der Waals surface area contributed by atoms with Crippen LogP contribution in [0.15, 0.2) is 18.2 Å². The van der Waals surface area contributed by atoms with Crippen molar-refractivity contribution in [3.63, 3.8) is 0 Å². The lowest BCUT2D eigenvalue weighted by atomic mass is 10.2. The van der Waals surface area contributed by atoms with E-state index in [0.717, 1.165) is 12.0 Å². The van der Waals surface area contributed by atoms with Crippen molar-refractivity contribution in [1.82, 2.24) is 0 Å². The van der Waals surface area contributed by atoms with Gasteiger partial charge in [0.15, 0.2) is 0 Å². The van der Waals surface area contributed by atoms with Gasteiger partial charge in [0.2, 0.25) is 0 Å². The van der Waals surface area contributed by atoms with Crippen molar-refractivity contribution in [2.75, 3.05) is 0 Å². The molecule has 57 valence electrons. The number of hydrogen-bond acceptors (Lipinski definition) is 2. The average Bonchev–Trinajstić information content (AvgIpc) is 2.05. The summed E-state index contributed by atoms with van der Waals surface area (Å²) in [7, 11) is 0. The lowest BCUT2D eigenvalue weighted by Crippen LogP contribution is -1.88. The van der Waals surface area contributed by atoms with Gasteiger partial charge in [-0.1, -0.05) is 13.0 Å². The van der Waals surface area contributed by atoms with Gasteiger partial charge in [-0.3, -0.25) is 10.1 Å².